The molecule has 138 valence electrons. The van der Waals surface area contributed by atoms with Crippen LogP contribution in [0.4, 0.5) is 0 Å². The summed E-state index contributed by atoms with van der Waals surface area (Å²) in [5.41, 5.74) is 1.81. The molecule has 0 unspecified atom stereocenters. The Bertz CT molecular complexity index is 928. The summed E-state index contributed by atoms with van der Waals surface area (Å²) in [6.07, 6.45) is 3.47. The minimum absolute atomic E-state index is 0.117. The standard InChI is InChI=1S/C20H15BrClNO2S2/c1-2-9-23-19(24)18(27-20(23)26)11-14-10-15(21)5-8-17(14)25-12-13-3-6-16(22)7-4-13/h2-8,10-11H,1,9,12H2/b18-11+. The number of hydrogen-bond donors (Lipinski definition) is 0. The Morgan fingerprint density at radius 1 is 1.26 bits per heavy atom. The fourth-order valence-electron chi connectivity index (χ4n) is 2.43. The van der Waals surface area contributed by atoms with Crippen LogP contribution in [0, 0.1) is 0 Å². The normalized spacial score (nSPS) is 15.5. The van der Waals surface area contributed by atoms with Gasteiger partial charge in [0.15, 0.2) is 0 Å². The van der Waals surface area contributed by atoms with Crippen LogP contribution in [-0.4, -0.2) is 21.7 Å². The number of carbonyl (C=O) groups excluding carboxylic acids is 1. The molecular weight excluding hydrogens is 466 g/mol. The van der Waals surface area contributed by atoms with E-state index < -0.39 is 0 Å². The molecule has 1 heterocycles. The van der Waals surface area contributed by atoms with Crippen LogP contribution in [0.25, 0.3) is 6.08 Å². The first-order valence-electron chi connectivity index (χ1n) is 8.01. The fraction of sp³-hybridized carbons (Fsp3) is 0.100. The van der Waals surface area contributed by atoms with E-state index in [0.717, 1.165) is 15.6 Å². The Labute approximate surface area is 181 Å². The average Bonchev–Trinajstić information content (AvgIpc) is 2.90. The number of benzene rings is 2. The van der Waals surface area contributed by atoms with Crippen LogP contribution in [0.2, 0.25) is 5.02 Å². The Hall–Kier alpha value is -1.60. The molecule has 2 aromatic rings. The lowest BCUT2D eigenvalue weighted by atomic mass is 10.1. The maximum atomic E-state index is 12.6. The molecule has 0 atom stereocenters. The smallest absolute Gasteiger partial charge is 0.266 e. The van der Waals surface area contributed by atoms with E-state index in [9.17, 15) is 4.79 Å². The molecule has 1 amide bonds. The number of ether oxygens (including phenoxy) is 1. The maximum Gasteiger partial charge on any atom is 0.266 e. The minimum Gasteiger partial charge on any atom is -0.488 e. The van der Waals surface area contributed by atoms with Gasteiger partial charge in [0.2, 0.25) is 0 Å². The zero-order chi connectivity index (χ0) is 19.4. The number of halogens is 2. The van der Waals surface area contributed by atoms with E-state index in [1.807, 2.05) is 48.5 Å². The molecule has 0 N–H and O–H groups in total. The van der Waals surface area contributed by atoms with Gasteiger partial charge in [-0.25, -0.2) is 0 Å². The molecule has 1 aliphatic heterocycles. The first kappa shape index (κ1) is 20.1. The summed E-state index contributed by atoms with van der Waals surface area (Å²) in [7, 11) is 0. The number of nitrogens with zero attached hydrogens (tertiary/aromatic N) is 1. The lowest BCUT2D eigenvalue weighted by Gasteiger charge is -2.11. The van der Waals surface area contributed by atoms with Crippen LogP contribution in [-0.2, 0) is 11.4 Å². The molecule has 0 bridgehead atoms. The van der Waals surface area contributed by atoms with E-state index in [0.29, 0.717) is 33.1 Å². The van der Waals surface area contributed by atoms with Gasteiger partial charge in [-0.15, -0.1) is 6.58 Å². The summed E-state index contributed by atoms with van der Waals surface area (Å²) in [4.78, 5) is 14.7. The lowest BCUT2D eigenvalue weighted by molar-refractivity contribution is -0.121. The summed E-state index contributed by atoms with van der Waals surface area (Å²) < 4.78 is 7.40. The fourth-order valence-corrected chi connectivity index (χ4v) is 4.20. The van der Waals surface area contributed by atoms with Crippen molar-refractivity contribution in [3.8, 4) is 5.75 Å². The largest absolute Gasteiger partial charge is 0.488 e. The monoisotopic (exact) mass is 479 g/mol. The van der Waals surface area contributed by atoms with Crippen molar-refractivity contribution in [3.05, 3.63) is 80.6 Å². The van der Waals surface area contributed by atoms with Gasteiger partial charge in [-0.2, -0.15) is 0 Å². The highest BCUT2D eigenvalue weighted by molar-refractivity contribution is 9.10. The van der Waals surface area contributed by atoms with Crippen LogP contribution in [0.3, 0.4) is 0 Å². The molecule has 2 aromatic carbocycles. The quantitative estimate of drug-likeness (QED) is 0.285. The zero-order valence-corrected chi connectivity index (χ0v) is 18.1. The third-order valence-electron chi connectivity index (χ3n) is 3.75. The van der Waals surface area contributed by atoms with Crippen LogP contribution < -0.4 is 4.74 Å². The van der Waals surface area contributed by atoms with Crippen LogP contribution in [0.5, 0.6) is 5.75 Å². The minimum atomic E-state index is -0.117. The predicted molar refractivity (Wildman–Crippen MR) is 120 cm³/mol. The van der Waals surface area contributed by atoms with E-state index >= 15 is 0 Å². The third-order valence-corrected chi connectivity index (χ3v) is 5.87. The number of thioether (sulfide) groups is 1. The summed E-state index contributed by atoms with van der Waals surface area (Å²) in [6, 6.07) is 13.2. The van der Waals surface area contributed by atoms with E-state index in [4.69, 9.17) is 28.6 Å². The van der Waals surface area contributed by atoms with Crippen LogP contribution >= 0.6 is 51.5 Å². The molecule has 1 aliphatic rings. The Balaban J connectivity index is 1.84. The number of rotatable bonds is 6. The number of amides is 1. The van der Waals surface area contributed by atoms with E-state index in [1.165, 1.54) is 16.7 Å². The van der Waals surface area contributed by atoms with Gasteiger partial charge in [0.1, 0.15) is 16.7 Å². The second kappa shape index (κ2) is 9.06. The zero-order valence-electron chi connectivity index (χ0n) is 14.2. The van der Waals surface area contributed by atoms with Gasteiger partial charge in [0, 0.05) is 21.6 Å². The van der Waals surface area contributed by atoms with Gasteiger partial charge < -0.3 is 4.74 Å². The summed E-state index contributed by atoms with van der Waals surface area (Å²) in [5, 5.41) is 0.685. The Morgan fingerprint density at radius 3 is 2.70 bits per heavy atom. The van der Waals surface area contributed by atoms with Gasteiger partial charge in [0.25, 0.3) is 5.91 Å². The highest BCUT2D eigenvalue weighted by Gasteiger charge is 2.31. The van der Waals surface area contributed by atoms with Crippen LogP contribution in [0.15, 0.2) is 64.5 Å². The molecule has 0 spiro atoms. The molecular formula is C20H15BrClNO2S2. The number of carbonyl (C=O) groups is 1. The molecule has 1 fully saturated rings. The molecule has 0 radical (unpaired) electrons. The second-order valence-corrected chi connectivity index (χ2v) is 8.71. The number of thiocarbonyl (C=S) groups is 1. The first-order chi connectivity index (χ1) is 13.0. The number of hydrogen-bond acceptors (Lipinski definition) is 4. The lowest BCUT2D eigenvalue weighted by Crippen LogP contribution is -2.27. The topological polar surface area (TPSA) is 29.5 Å². The van der Waals surface area contributed by atoms with Gasteiger partial charge >= 0.3 is 0 Å². The Kier molecular flexibility index (Phi) is 6.76. The third kappa shape index (κ3) is 5.02. The summed E-state index contributed by atoms with van der Waals surface area (Å²) in [5.74, 6) is 0.565. The highest BCUT2D eigenvalue weighted by atomic mass is 79.9. The molecule has 3 rings (SSSR count). The van der Waals surface area contributed by atoms with Crippen molar-refractivity contribution in [2.24, 2.45) is 0 Å². The second-order valence-electron chi connectivity index (χ2n) is 5.68. The molecule has 0 aliphatic carbocycles. The van der Waals surface area contributed by atoms with E-state index in [-0.39, 0.29) is 5.91 Å². The highest BCUT2D eigenvalue weighted by Crippen LogP contribution is 2.35. The van der Waals surface area contributed by atoms with Crippen LogP contribution in [0.1, 0.15) is 11.1 Å². The maximum absolute atomic E-state index is 12.6. The van der Waals surface area contributed by atoms with Gasteiger partial charge in [-0.3, -0.25) is 9.69 Å². The van der Waals surface area contributed by atoms with Crippen molar-refractivity contribution in [3.63, 3.8) is 0 Å². The van der Waals surface area contributed by atoms with Crippen molar-refractivity contribution in [2.75, 3.05) is 6.54 Å². The van der Waals surface area contributed by atoms with Crippen molar-refractivity contribution in [1.82, 2.24) is 4.90 Å². The molecule has 3 nitrogen and oxygen atoms in total. The summed E-state index contributed by atoms with van der Waals surface area (Å²) in [6.45, 7) is 4.47. The van der Waals surface area contributed by atoms with E-state index in [2.05, 4.69) is 22.5 Å². The molecule has 0 saturated carbocycles. The Morgan fingerprint density at radius 2 is 2.00 bits per heavy atom. The van der Waals surface area contributed by atoms with Crippen molar-refractivity contribution in [1.29, 1.82) is 0 Å². The molecule has 27 heavy (non-hydrogen) atoms. The van der Waals surface area contributed by atoms with E-state index in [1.54, 1.807) is 6.08 Å². The van der Waals surface area contributed by atoms with Gasteiger partial charge in [-0.05, 0) is 42.0 Å². The first-order valence-corrected chi connectivity index (χ1v) is 10.4. The van der Waals surface area contributed by atoms with Gasteiger partial charge in [0.05, 0.1) is 4.91 Å². The van der Waals surface area contributed by atoms with Crippen molar-refractivity contribution < 1.29 is 9.53 Å². The molecule has 0 aromatic heterocycles. The van der Waals surface area contributed by atoms with Crippen molar-refractivity contribution >= 4 is 67.8 Å². The van der Waals surface area contributed by atoms with Gasteiger partial charge in [-0.1, -0.05) is 69.7 Å². The molecule has 7 heteroatoms. The predicted octanol–water partition coefficient (Wildman–Crippen LogP) is 6.07. The molecule has 1 saturated heterocycles. The SMILES string of the molecule is C=CCN1C(=O)/C(=C\c2cc(Br)ccc2OCc2ccc(Cl)cc2)SC1=S. The average molecular weight is 481 g/mol. The van der Waals surface area contributed by atoms with Crippen molar-refractivity contribution in [2.45, 2.75) is 6.61 Å². The summed E-state index contributed by atoms with van der Waals surface area (Å²) >= 11 is 16.0.